The Morgan fingerprint density at radius 2 is 0.478 bits per heavy atom. The number of ether oxygens (including phenoxy) is 2. The van der Waals surface area contributed by atoms with Crippen molar-refractivity contribution in [2.75, 3.05) is 13.2 Å². The summed E-state index contributed by atoms with van der Waals surface area (Å²) in [6.45, 7) is 4.01. The summed E-state index contributed by atoms with van der Waals surface area (Å²) < 4.78 is 10.7. The molecular weight excluding hydrogens is 1100 g/mol. The topological polar surface area (TPSA) is 72.8 Å². The largest absolute Gasteiger partial charge is 0.462 e. The molecule has 0 fully saturated rings. The van der Waals surface area contributed by atoms with Gasteiger partial charge in [0, 0.05) is 12.8 Å². The van der Waals surface area contributed by atoms with Crippen LogP contribution in [0.1, 0.15) is 348 Å². The van der Waals surface area contributed by atoms with E-state index in [9.17, 15) is 14.7 Å². The Labute approximate surface area is 558 Å². The molecule has 0 rings (SSSR count). The Balaban J connectivity index is 3.51. The summed E-state index contributed by atoms with van der Waals surface area (Å²) in [6, 6.07) is 0. The lowest BCUT2D eigenvalue weighted by Gasteiger charge is -2.15. The number of aliphatic hydroxyl groups is 1. The molecular formula is C85H142O5. The van der Waals surface area contributed by atoms with E-state index in [-0.39, 0.29) is 25.2 Å². The van der Waals surface area contributed by atoms with Crippen molar-refractivity contribution >= 4 is 11.9 Å². The molecule has 0 amide bonds. The Bertz CT molecular complexity index is 1900. The number of hydrogen-bond donors (Lipinski definition) is 1. The van der Waals surface area contributed by atoms with E-state index >= 15 is 0 Å². The van der Waals surface area contributed by atoms with Crippen LogP contribution in [0.4, 0.5) is 0 Å². The summed E-state index contributed by atoms with van der Waals surface area (Å²) in [7, 11) is 0. The van der Waals surface area contributed by atoms with Crippen LogP contribution in [0, 0.1) is 0 Å². The maximum Gasteiger partial charge on any atom is 0.306 e. The standard InChI is InChI=1S/C85H142O5/c1-3-5-7-9-11-13-15-17-19-21-23-25-27-29-31-33-35-37-39-40-41-42-43-44-46-47-49-51-53-55-57-59-61-63-65-67-69-71-73-75-77-79-84(87)89-82-83(81-86)90-85(88)80-78-76-74-72-70-68-66-64-62-60-58-56-54-52-50-48-45-38-36-34-32-30-28-26-24-22-20-18-16-14-12-10-8-6-4-2/h6,8,12,14-15,17-18,20-21,23-24,26-27,29-30,32,36,38,48,50,54,56,60,62,66,68,83,86H,3-5,7,9-11,13,16,19,22,25,28,31,33-35,37,39-47,49,51-53,55,57-59,61,63-65,67,69-82H2,1-2H3/b8-6-,14-12-,17-15-,20-18-,23-21-,26-24-,29-27-,32-30-,38-36-,50-48-,56-54-,62-60-,68-66-. The fourth-order valence-electron chi connectivity index (χ4n) is 10.7. The molecule has 0 saturated heterocycles. The summed E-state index contributed by atoms with van der Waals surface area (Å²) in [6.07, 6.45) is 120. The van der Waals surface area contributed by atoms with Crippen LogP contribution in [0.2, 0.25) is 0 Å². The minimum Gasteiger partial charge on any atom is -0.462 e. The van der Waals surface area contributed by atoms with Crippen molar-refractivity contribution in [3.8, 4) is 0 Å². The molecule has 0 aromatic rings. The Morgan fingerprint density at radius 3 is 0.722 bits per heavy atom. The zero-order valence-electron chi connectivity index (χ0n) is 58.9. The first kappa shape index (κ1) is 85.5. The van der Waals surface area contributed by atoms with Crippen molar-refractivity contribution in [3.63, 3.8) is 0 Å². The Morgan fingerprint density at radius 1 is 0.267 bits per heavy atom. The Kier molecular flexibility index (Phi) is 74.8. The summed E-state index contributed by atoms with van der Waals surface area (Å²) in [5.74, 6) is -0.617. The molecule has 0 saturated carbocycles. The van der Waals surface area contributed by atoms with Gasteiger partial charge >= 0.3 is 11.9 Å². The normalized spacial score (nSPS) is 13.1. The molecule has 0 heterocycles. The van der Waals surface area contributed by atoms with Crippen molar-refractivity contribution in [2.45, 2.75) is 354 Å². The zero-order chi connectivity index (χ0) is 64.7. The van der Waals surface area contributed by atoms with E-state index < -0.39 is 6.10 Å². The van der Waals surface area contributed by atoms with Crippen LogP contribution in [-0.2, 0) is 19.1 Å². The van der Waals surface area contributed by atoms with Crippen molar-refractivity contribution in [1.82, 2.24) is 0 Å². The van der Waals surface area contributed by atoms with Gasteiger partial charge in [-0.15, -0.1) is 0 Å². The van der Waals surface area contributed by atoms with Crippen LogP contribution in [0.5, 0.6) is 0 Å². The summed E-state index contributed by atoms with van der Waals surface area (Å²) in [5.41, 5.74) is 0. The van der Waals surface area contributed by atoms with Crippen molar-refractivity contribution in [1.29, 1.82) is 0 Å². The second-order valence-corrected chi connectivity index (χ2v) is 25.0. The van der Waals surface area contributed by atoms with Crippen LogP contribution in [-0.4, -0.2) is 36.4 Å². The maximum absolute atomic E-state index is 12.4. The lowest BCUT2D eigenvalue weighted by molar-refractivity contribution is -0.161. The second kappa shape index (κ2) is 78.8. The molecule has 512 valence electrons. The second-order valence-electron chi connectivity index (χ2n) is 25.0. The molecule has 0 radical (unpaired) electrons. The van der Waals surface area contributed by atoms with Crippen LogP contribution < -0.4 is 0 Å². The van der Waals surface area contributed by atoms with Gasteiger partial charge in [-0.25, -0.2) is 0 Å². The smallest absolute Gasteiger partial charge is 0.306 e. The van der Waals surface area contributed by atoms with E-state index in [0.29, 0.717) is 12.8 Å². The van der Waals surface area contributed by atoms with Crippen LogP contribution in [0.15, 0.2) is 158 Å². The molecule has 0 aliphatic heterocycles. The first-order chi connectivity index (χ1) is 44.6. The van der Waals surface area contributed by atoms with Crippen LogP contribution in [0.25, 0.3) is 0 Å². The van der Waals surface area contributed by atoms with Gasteiger partial charge in [0.1, 0.15) is 6.61 Å². The molecule has 0 bridgehead atoms. The third-order valence-electron chi connectivity index (χ3n) is 16.3. The van der Waals surface area contributed by atoms with Gasteiger partial charge in [0.15, 0.2) is 6.10 Å². The predicted molar refractivity (Wildman–Crippen MR) is 398 cm³/mol. The minimum absolute atomic E-state index is 0.0823. The highest BCUT2D eigenvalue weighted by molar-refractivity contribution is 5.70. The third-order valence-corrected chi connectivity index (χ3v) is 16.3. The van der Waals surface area contributed by atoms with Gasteiger partial charge in [-0.05, 0) is 128 Å². The molecule has 0 aliphatic carbocycles. The number of carbonyl (C=O) groups is 2. The van der Waals surface area contributed by atoms with E-state index in [1.165, 1.54) is 193 Å². The molecule has 1 unspecified atom stereocenters. The van der Waals surface area contributed by atoms with E-state index in [0.717, 1.165) is 128 Å². The highest BCUT2D eigenvalue weighted by Gasteiger charge is 2.16. The number of unbranched alkanes of at least 4 members (excludes halogenated alkanes) is 35. The highest BCUT2D eigenvalue weighted by atomic mass is 16.6. The average molecular weight is 1240 g/mol. The van der Waals surface area contributed by atoms with Gasteiger partial charge in [0.25, 0.3) is 0 Å². The molecule has 1 N–H and O–H groups in total. The van der Waals surface area contributed by atoms with Gasteiger partial charge in [-0.1, -0.05) is 364 Å². The van der Waals surface area contributed by atoms with E-state index in [2.05, 4.69) is 172 Å². The fraction of sp³-hybridized carbons (Fsp3) is 0.671. The quantitative estimate of drug-likeness (QED) is 0.0373. The molecule has 0 aromatic carbocycles. The molecule has 0 aliphatic rings. The molecule has 0 spiro atoms. The zero-order valence-corrected chi connectivity index (χ0v) is 58.9. The molecule has 5 heteroatoms. The van der Waals surface area contributed by atoms with Crippen molar-refractivity contribution < 1.29 is 24.2 Å². The summed E-state index contributed by atoms with van der Waals surface area (Å²) in [4.78, 5) is 24.7. The Hall–Kier alpha value is -4.48. The van der Waals surface area contributed by atoms with Gasteiger partial charge in [0.2, 0.25) is 0 Å². The highest BCUT2D eigenvalue weighted by Crippen LogP contribution is 2.18. The maximum atomic E-state index is 12.4. The van der Waals surface area contributed by atoms with Crippen molar-refractivity contribution in [2.24, 2.45) is 0 Å². The first-order valence-electron chi connectivity index (χ1n) is 38.0. The fourth-order valence-corrected chi connectivity index (χ4v) is 10.7. The number of esters is 2. The van der Waals surface area contributed by atoms with E-state index in [4.69, 9.17) is 9.47 Å². The monoisotopic (exact) mass is 1240 g/mol. The lowest BCUT2D eigenvalue weighted by atomic mass is 10.0. The molecule has 90 heavy (non-hydrogen) atoms. The minimum atomic E-state index is -0.797. The van der Waals surface area contributed by atoms with Gasteiger partial charge in [-0.2, -0.15) is 0 Å². The summed E-state index contributed by atoms with van der Waals surface area (Å²) in [5, 5.41) is 9.71. The SMILES string of the molecule is CC/C=C\C/C=C\C/C=C\C/C=C\C/C=C\C/C=C\C/C=C\C/C=C\C/C=C\C/C=C\CCCCCCC(=O)OC(CO)COC(=O)CCCCCCCCCCCCCCCCCCCCCCCCCCCC/C=C\C/C=C\C/C=C\CCCCCCC. The number of hydrogen-bond acceptors (Lipinski definition) is 5. The number of rotatable bonds is 69. The van der Waals surface area contributed by atoms with Crippen LogP contribution in [0.3, 0.4) is 0 Å². The molecule has 5 nitrogen and oxygen atoms in total. The number of aliphatic hydroxyl groups excluding tert-OH is 1. The number of allylic oxidation sites excluding steroid dienone is 26. The lowest BCUT2D eigenvalue weighted by Crippen LogP contribution is -2.28. The van der Waals surface area contributed by atoms with Gasteiger partial charge in [0.05, 0.1) is 6.61 Å². The predicted octanol–water partition coefficient (Wildman–Crippen LogP) is 27.0. The third kappa shape index (κ3) is 76.0. The van der Waals surface area contributed by atoms with E-state index in [1.807, 2.05) is 0 Å². The molecule has 1 atom stereocenters. The first-order valence-corrected chi connectivity index (χ1v) is 38.0. The number of carbonyl (C=O) groups excluding carboxylic acids is 2. The van der Waals surface area contributed by atoms with Crippen LogP contribution >= 0.6 is 0 Å². The summed E-state index contributed by atoms with van der Waals surface area (Å²) >= 11 is 0. The van der Waals surface area contributed by atoms with Gasteiger partial charge in [-0.3, -0.25) is 9.59 Å². The molecule has 0 aromatic heterocycles. The van der Waals surface area contributed by atoms with E-state index in [1.54, 1.807) is 0 Å². The van der Waals surface area contributed by atoms with Gasteiger partial charge < -0.3 is 14.6 Å². The average Bonchev–Trinajstić information content (AvgIpc) is 3.58. The van der Waals surface area contributed by atoms with Crippen molar-refractivity contribution in [3.05, 3.63) is 158 Å².